The van der Waals surface area contributed by atoms with Crippen LogP contribution in [0, 0.1) is 17.1 Å². The molecule has 0 aromatic heterocycles. The van der Waals surface area contributed by atoms with Crippen molar-refractivity contribution in [1.29, 1.82) is 5.26 Å². The summed E-state index contributed by atoms with van der Waals surface area (Å²) in [5.74, 6) is -0.238. The molecule has 1 saturated heterocycles. The molecule has 1 aliphatic rings. The molecule has 1 N–H and O–H groups in total. The highest BCUT2D eigenvalue weighted by Gasteiger charge is 2.36. The maximum Gasteiger partial charge on any atom is 0.125 e. The molecule has 0 spiro atoms. The second kappa shape index (κ2) is 4.95. The van der Waals surface area contributed by atoms with Crippen LogP contribution in [0.15, 0.2) is 24.3 Å². The van der Waals surface area contributed by atoms with Gasteiger partial charge in [-0.1, -0.05) is 6.07 Å². The maximum atomic E-state index is 13.4. The molecule has 4 heteroatoms. The van der Waals surface area contributed by atoms with E-state index < -0.39 is 0 Å². The first-order chi connectivity index (χ1) is 8.54. The minimum absolute atomic E-state index is 0.0838. The molecular formula is C14H18FN3. The molecule has 1 fully saturated rings. The van der Waals surface area contributed by atoms with Gasteiger partial charge in [0.15, 0.2) is 0 Å². The highest BCUT2D eigenvalue weighted by atomic mass is 19.1. The van der Waals surface area contributed by atoms with Gasteiger partial charge in [0.05, 0.1) is 18.5 Å². The molecule has 1 aromatic rings. The predicted octanol–water partition coefficient (Wildman–Crippen LogP) is 2.30. The number of nitrogens with one attached hydrogen (secondary N) is 1. The molecule has 1 aliphatic heterocycles. The van der Waals surface area contributed by atoms with Crippen LogP contribution in [-0.2, 0) is 0 Å². The topological polar surface area (TPSA) is 39.1 Å². The summed E-state index contributed by atoms with van der Waals surface area (Å²) in [6, 6.07) is 8.90. The van der Waals surface area contributed by atoms with Gasteiger partial charge in [0.1, 0.15) is 5.82 Å². The number of piperazine rings is 1. The molecule has 0 radical (unpaired) electrons. The number of hydrogen-bond donors (Lipinski definition) is 1. The van der Waals surface area contributed by atoms with Crippen LogP contribution in [0.4, 0.5) is 10.1 Å². The Hall–Kier alpha value is -1.60. The minimum Gasteiger partial charge on any atom is -0.360 e. The number of nitrogens with zero attached hydrogens (tertiary/aromatic N) is 2. The van der Waals surface area contributed by atoms with E-state index in [1.165, 1.54) is 12.1 Å². The molecule has 0 saturated carbocycles. The standard InChI is InChI=1S/C14H18FN3/c1-14(2)10-17-9-13(6-7-16)18(14)12-5-3-4-11(15)8-12/h3-5,8,13,17H,6,9-10H2,1-2H3. The lowest BCUT2D eigenvalue weighted by atomic mass is 9.94. The zero-order chi connectivity index (χ0) is 13.2. The van der Waals surface area contributed by atoms with Crippen LogP contribution in [0.5, 0.6) is 0 Å². The van der Waals surface area contributed by atoms with E-state index in [1.807, 2.05) is 6.07 Å². The molecular weight excluding hydrogens is 229 g/mol. The van der Waals surface area contributed by atoms with Crippen LogP contribution in [0.1, 0.15) is 20.3 Å². The smallest absolute Gasteiger partial charge is 0.125 e. The molecule has 2 rings (SSSR count). The van der Waals surface area contributed by atoms with E-state index in [1.54, 1.807) is 6.07 Å². The summed E-state index contributed by atoms with van der Waals surface area (Å²) in [5, 5.41) is 12.3. The van der Waals surface area contributed by atoms with Gasteiger partial charge in [0, 0.05) is 24.3 Å². The van der Waals surface area contributed by atoms with Gasteiger partial charge in [-0.05, 0) is 32.0 Å². The second-order valence-corrected chi connectivity index (χ2v) is 5.31. The normalized spacial score (nSPS) is 22.6. The summed E-state index contributed by atoms with van der Waals surface area (Å²) in [7, 11) is 0. The zero-order valence-electron chi connectivity index (χ0n) is 10.8. The number of benzene rings is 1. The Morgan fingerprint density at radius 1 is 1.56 bits per heavy atom. The molecule has 1 aromatic carbocycles. The van der Waals surface area contributed by atoms with E-state index in [0.29, 0.717) is 6.42 Å². The predicted molar refractivity (Wildman–Crippen MR) is 69.8 cm³/mol. The van der Waals surface area contributed by atoms with Crippen molar-refractivity contribution in [1.82, 2.24) is 5.32 Å². The Morgan fingerprint density at radius 2 is 2.33 bits per heavy atom. The fourth-order valence-electron chi connectivity index (χ4n) is 2.67. The van der Waals surface area contributed by atoms with Crippen molar-refractivity contribution in [2.45, 2.75) is 31.8 Å². The lowest BCUT2D eigenvalue weighted by molar-refractivity contribution is 0.324. The summed E-state index contributed by atoms with van der Waals surface area (Å²) in [5.41, 5.74) is 0.717. The third-order valence-electron chi connectivity index (χ3n) is 3.37. The number of hydrogen-bond acceptors (Lipinski definition) is 3. The summed E-state index contributed by atoms with van der Waals surface area (Å²) < 4.78 is 13.4. The summed E-state index contributed by atoms with van der Waals surface area (Å²) >= 11 is 0. The van der Waals surface area contributed by atoms with Crippen LogP contribution in [0.25, 0.3) is 0 Å². The SMILES string of the molecule is CC1(C)CNCC(CC#N)N1c1cccc(F)c1. The van der Waals surface area contributed by atoms with E-state index >= 15 is 0 Å². The van der Waals surface area contributed by atoms with Gasteiger partial charge in [-0.25, -0.2) is 4.39 Å². The highest BCUT2D eigenvalue weighted by molar-refractivity contribution is 5.51. The van der Waals surface area contributed by atoms with Gasteiger partial charge >= 0.3 is 0 Å². The number of nitriles is 1. The quantitative estimate of drug-likeness (QED) is 0.871. The zero-order valence-corrected chi connectivity index (χ0v) is 10.8. The highest BCUT2D eigenvalue weighted by Crippen LogP contribution is 2.30. The van der Waals surface area contributed by atoms with Gasteiger partial charge in [-0.3, -0.25) is 0 Å². The lowest BCUT2D eigenvalue weighted by Gasteiger charge is -2.49. The van der Waals surface area contributed by atoms with Crippen LogP contribution >= 0.6 is 0 Å². The van der Waals surface area contributed by atoms with E-state index in [9.17, 15) is 4.39 Å². The van der Waals surface area contributed by atoms with Gasteiger partial charge in [-0.15, -0.1) is 0 Å². The van der Waals surface area contributed by atoms with Gasteiger partial charge < -0.3 is 10.2 Å². The van der Waals surface area contributed by atoms with E-state index in [2.05, 4.69) is 30.1 Å². The van der Waals surface area contributed by atoms with Gasteiger partial charge in [-0.2, -0.15) is 5.26 Å². The fraction of sp³-hybridized carbons (Fsp3) is 0.500. The van der Waals surface area contributed by atoms with Gasteiger partial charge in [0.2, 0.25) is 0 Å². The molecule has 0 amide bonds. The third kappa shape index (κ3) is 2.46. The van der Waals surface area contributed by atoms with E-state index in [0.717, 1.165) is 18.8 Å². The molecule has 0 bridgehead atoms. The molecule has 1 unspecified atom stereocenters. The fourth-order valence-corrected chi connectivity index (χ4v) is 2.67. The molecule has 96 valence electrons. The Morgan fingerprint density at radius 3 is 3.00 bits per heavy atom. The molecule has 1 atom stereocenters. The molecule has 3 nitrogen and oxygen atoms in total. The van der Waals surface area contributed by atoms with Crippen molar-refractivity contribution in [2.24, 2.45) is 0 Å². The molecule has 0 aliphatic carbocycles. The number of halogens is 1. The van der Waals surface area contributed by atoms with Crippen molar-refractivity contribution in [2.75, 3.05) is 18.0 Å². The number of anilines is 1. The van der Waals surface area contributed by atoms with Crippen LogP contribution < -0.4 is 10.2 Å². The first kappa shape index (κ1) is 12.8. The summed E-state index contributed by atoms with van der Waals surface area (Å²) in [4.78, 5) is 2.16. The third-order valence-corrected chi connectivity index (χ3v) is 3.37. The van der Waals surface area contributed by atoms with Crippen LogP contribution in [0.2, 0.25) is 0 Å². The van der Waals surface area contributed by atoms with Crippen molar-refractivity contribution >= 4 is 5.69 Å². The van der Waals surface area contributed by atoms with Crippen LogP contribution in [0.3, 0.4) is 0 Å². The molecule has 1 heterocycles. The average molecular weight is 247 g/mol. The Labute approximate surface area is 107 Å². The minimum atomic E-state index is -0.238. The first-order valence-corrected chi connectivity index (χ1v) is 6.17. The van der Waals surface area contributed by atoms with Crippen molar-refractivity contribution in [3.8, 4) is 6.07 Å². The van der Waals surface area contributed by atoms with E-state index in [-0.39, 0.29) is 17.4 Å². The molecule has 18 heavy (non-hydrogen) atoms. The summed E-state index contributed by atoms with van der Waals surface area (Å²) in [6.45, 7) is 5.79. The van der Waals surface area contributed by atoms with Crippen molar-refractivity contribution < 1.29 is 4.39 Å². The second-order valence-electron chi connectivity index (χ2n) is 5.31. The van der Waals surface area contributed by atoms with E-state index in [4.69, 9.17) is 5.26 Å². The van der Waals surface area contributed by atoms with Crippen molar-refractivity contribution in [3.63, 3.8) is 0 Å². The number of rotatable bonds is 2. The largest absolute Gasteiger partial charge is 0.360 e. The Balaban J connectivity index is 2.37. The lowest BCUT2D eigenvalue weighted by Crippen LogP contribution is -2.63. The first-order valence-electron chi connectivity index (χ1n) is 6.17. The Kier molecular flexibility index (Phi) is 3.53. The van der Waals surface area contributed by atoms with Crippen molar-refractivity contribution in [3.05, 3.63) is 30.1 Å². The monoisotopic (exact) mass is 247 g/mol. The summed E-state index contributed by atoms with van der Waals surface area (Å²) in [6.07, 6.45) is 0.437. The van der Waals surface area contributed by atoms with Crippen LogP contribution in [-0.4, -0.2) is 24.7 Å². The average Bonchev–Trinajstić information content (AvgIpc) is 2.28. The maximum absolute atomic E-state index is 13.4. The Bertz CT molecular complexity index is 464. The van der Waals surface area contributed by atoms with Gasteiger partial charge in [0.25, 0.3) is 0 Å².